The zero-order valence-corrected chi connectivity index (χ0v) is 11.6. The van der Waals surface area contributed by atoms with Gasteiger partial charge in [-0.15, -0.1) is 3.89 Å². The molecule has 1 unspecified atom stereocenters. The quantitative estimate of drug-likeness (QED) is 0.844. The lowest BCUT2D eigenvalue weighted by Gasteiger charge is -2.18. The highest BCUT2D eigenvalue weighted by molar-refractivity contribution is 7.87. The predicted molar refractivity (Wildman–Crippen MR) is 68.9 cm³/mol. The summed E-state index contributed by atoms with van der Waals surface area (Å²) in [5, 5.41) is 8.11. The van der Waals surface area contributed by atoms with E-state index in [0.29, 0.717) is 0 Å². The fourth-order valence-electron chi connectivity index (χ4n) is 1.83. The molecule has 1 fully saturated rings. The average molecular weight is 328 g/mol. The SMILES string of the molecule is O=C1CC(S(=O)(=O)F)CN1c1cc(O)c(Cl)cc1Cl. The molecule has 1 heterocycles. The number of halogens is 3. The Bertz CT molecular complexity index is 649. The number of phenols is 1. The highest BCUT2D eigenvalue weighted by atomic mass is 35.5. The number of phenolic OH excluding ortho intramolecular Hbond substituents is 1. The zero-order valence-electron chi connectivity index (χ0n) is 9.31. The fraction of sp³-hybridized carbons (Fsp3) is 0.300. The number of rotatable bonds is 2. The molecule has 1 aliphatic heterocycles. The summed E-state index contributed by atoms with van der Waals surface area (Å²) in [6.45, 7) is -0.349. The molecule has 0 bridgehead atoms. The Balaban J connectivity index is 2.39. The van der Waals surface area contributed by atoms with Crippen molar-refractivity contribution in [2.45, 2.75) is 11.7 Å². The van der Waals surface area contributed by atoms with Gasteiger partial charge in [0, 0.05) is 19.0 Å². The largest absolute Gasteiger partial charge is 0.506 e. The van der Waals surface area contributed by atoms with Gasteiger partial charge in [0.2, 0.25) is 5.91 Å². The van der Waals surface area contributed by atoms with E-state index in [1.165, 1.54) is 6.07 Å². The van der Waals surface area contributed by atoms with Crippen molar-refractivity contribution >= 4 is 45.0 Å². The molecule has 2 rings (SSSR count). The first kappa shape index (κ1) is 14.4. The number of carbonyl (C=O) groups excluding carboxylic acids is 1. The van der Waals surface area contributed by atoms with Crippen LogP contribution in [0, 0.1) is 0 Å². The number of anilines is 1. The molecule has 1 aromatic carbocycles. The van der Waals surface area contributed by atoms with Gasteiger partial charge in [0.25, 0.3) is 0 Å². The monoisotopic (exact) mass is 327 g/mol. The standard InChI is InChI=1S/C10H8Cl2FNO4S/c11-6-2-7(12)9(15)3-8(6)14-4-5(1-10(14)16)19(13,17)18/h2-3,5,15H,1,4H2. The molecule has 0 aromatic heterocycles. The minimum absolute atomic E-state index is 0.00458. The van der Waals surface area contributed by atoms with E-state index in [4.69, 9.17) is 23.2 Å². The van der Waals surface area contributed by atoms with Crippen molar-refractivity contribution in [3.05, 3.63) is 22.2 Å². The number of hydrogen-bond acceptors (Lipinski definition) is 4. The molecule has 1 amide bonds. The van der Waals surface area contributed by atoms with Crippen molar-refractivity contribution in [1.82, 2.24) is 0 Å². The normalized spacial score (nSPS) is 20.1. The summed E-state index contributed by atoms with van der Waals surface area (Å²) in [6, 6.07) is 2.36. The summed E-state index contributed by atoms with van der Waals surface area (Å²) in [4.78, 5) is 12.7. The Morgan fingerprint density at radius 3 is 2.47 bits per heavy atom. The average Bonchev–Trinajstić information content (AvgIpc) is 2.65. The van der Waals surface area contributed by atoms with Gasteiger partial charge in [-0.05, 0) is 6.07 Å². The first-order valence-electron chi connectivity index (χ1n) is 5.12. The Morgan fingerprint density at radius 2 is 1.95 bits per heavy atom. The second-order valence-electron chi connectivity index (χ2n) is 4.06. The molecule has 19 heavy (non-hydrogen) atoms. The van der Waals surface area contributed by atoms with E-state index in [2.05, 4.69) is 0 Å². The molecule has 1 N–H and O–H groups in total. The van der Waals surface area contributed by atoms with Crippen molar-refractivity contribution in [2.24, 2.45) is 0 Å². The zero-order chi connectivity index (χ0) is 14.4. The third kappa shape index (κ3) is 2.77. The number of aromatic hydroxyl groups is 1. The minimum atomic E-state index is -4.80. The number of benzene rings is 1. The van der Waals surface area contributed by atoms with Crippen LogP contribution in [-0.4, -0.2) is 31.2 Å². The van der Waals surface area contributed by atoms with Crippen LogP contribution in [0.3, 0.4) is 0 Å². The fourth-order valence-corrected chi connectivity index (χ4v) is 2.98. The van der Waals surface area contributed by atoms with Gasteiger partial charge in [-0.25, -0.2) is 0 Å². The van der Waals surface area contributed by atoms with Crippen LogP contribution < -0.4 is 4.90 Å². The number of carbonyl (C=O) groups is 1. The maximum Gasteiger partial charge on any atom is 0.307 e. The summed E-state index contributed by atoms with van der Waals surface area (Å²) >= 11 is 11.5. The predicted octanol–water partition coefficient (Wildman–Crippen LogP) is 2.10. The van der Waals surface area contributed by atoms with Crippen molar-refractivity contribution in [3.63, 3.8) is 0 Å². The topological polar surface area (TPSA) is 74.7 Å². The third-order valence-electron chi connectivity index (χ3n) is 2.79. The second-order valence-corrected chi connectivity index (χ2v) is 6.49. The lowest BCUT2D eigenvalue weighted by molar-refractivity contribution is -0.117. The van der Waals surface area contributed by atoms with Crippen LogP contribution >= 0.6 is 23.2 Å². The van der Waals surface area contributed by atoms with Crippen LogP contribution in [0.1, 0.15) is 6.42 Å². The summed E-state index contributed by atoms with van der Waals surface area (Å²) < 4.78 is 34.5. The molecular formula is C10H8Cl2FNO4S. The van der Waals surface area contributed by atoms with E-state index in [1.54, 1.807) is 0 Å². The maximum absolute atomic E-state index is 12.9. The van der Waals surface area contributed by atoms with Gasteiger partial charge in [-0.2, -0.15) is 8.42 Å². The third-order valence-corrected chi connectivity index (χ3v) is 4.51. The lowest BCUT2D eigenvalue weighted by atomic mass is 10.2. The second kappa shape index (κ2) is 4.81. The Labute approximate surface area is 118 Å². The van der Waals surface area contributed by atoms with Crippen molar-refractivity contribution < 1.29 is 22.2 Å². The molecule has 0 spiro atoms. The minimum Gasteiger partial charge on any atom is -0.506 e. The molecule has 1 saturated heterocycles. The van der Waals surface area contributed by atoms with E-state index >= 15 is 0 Å². The van der Waals surface area contributed by atoms with Crippen LogP contribution in [0.15, 0.2) is 12.1 Å². The molecule has 5 nitrogen and oxygen atoms in total. The molecule has 1 atom stereocenters. The van der Waals surface area contributed by atoms with E-state index in [1.807, 2.05) is 0 Å². The Hall–Kier alpha value is -1.05. The van der Waals surface area contributed by atoms with Gasteiger partial charge in [0.15, 0.2) is 0 Å². The molecule has 1 aliphatic rings. The summed E-state index contributed by atoms with van der Waals surface area (Å²) in [5.41, 5.74) is 0.0970. The van der Waals surface area contributed by atoms with E-state index < -0.39 is 27.8 Å². The summed E-state index contributed by atoms with van der Waals surface area (Å²) in [5.74, 6) is -0.893. The van der Waals surface area contributed by atoms with Crippen LogP contribution in [0.2, 0.25) is 10.0 Å². The molecule has 9 heteroatoms. The number of hydrogen-bond donors (Lipinski definition) is 1. The van der Waals surface area contributed by atoms with Gasteiger partial charge in [-0.3, -0.25) is 4.79 Å². The van der Waals surface area contributed by atoms with Gasteiger partial charge < -0.3 is 10.0 Å². The lowest BCUT2D eigenvalue weighted by Crippen LogP contribution is -2.27. The van der Waals surface area contributed by atoms with Gasteiger partial charge in [0.1, 0.15) is 11.0 Å². The first-order valence-corrected chi connectivity index (χ1v) is 7.32. The smallest absolute Gasteiger partial charge is 0.307 e. The van der Waals surface area contributed by atoms with Crippen LogP contribution in [0.4, 0.5) is 9.57 Å². The van der Waals surface area contributed by atoms with E-state index in [-0.39, 0.29) is 28.0 Å². The number of nitrogens with zero attached hydrogens (tertiary/aromatic N) is 1. The number of amides is 1. The van der Waals surface area contributed by atoms with Crippen LogP contribution in [-0.2, 0) is 15.0 Å². The van der Waals surface area contributed by atoms with Gasteiger partial charge >= 0.3 is 10.2 Å². The van der Waals surface area contributed by atoms with E-state index in [0.717, 1.165) is 11.0 Å². The molecule has 0 saturated carbocycles. The van der Waals surface area contributed by atoms with Crippen molar-refractivity contribution in [3.8, 4) is 5.75 Å². The van der Waals surface area contributed by atoms with Gasteiger partial charge in [-0.1, -0.05) is 23.2 Å². The summed E-state index contributed by atoms with van der Waals surface area (Å²) in [6.07, 6.45) is -0.460. The Kier molecular flexibility index (Phi) is 3.63. The molecule has 0 radical (unpaired) electrons. The maximum atomic E-state index is 12.9. The van der Waals surface area contributed by atoms with Crippen molar-refractivity contribution in [1.29, 1.82) is 0 Å². The molecular weight excluding hydrogens is 320 g/mol. The van der Waals surface area contributed by atoms with E-state index in [9.17, 15) is 22.2 Å². The van der Waals surface area contributed by atoms with Crippen LogP contribution in [0.25, 0.3) is 0 Å². The molecule has 104 valence electrons. The first-order chi connectivity index (χ1) is 8.70. The van der Waals surface area contributed by atoms with Crippen LogP contribution in [0.5, 0.6) is 5.75 Å². The van der Waals surface area contributed by atoms with Crippen molar-refractivity contribution in [2.75, 3.05) is 11.4 Å². The Morgan fingerprint density at radius 1 is 1.32 bits per heavy atom. The highest BCUT2D eigenvalue weighted by Crippen LogP contribution is 2.37. The summed E-state index contributed by atoms with van der Waals surface area (Å²) in [7, 11) is -4.80. The van der Waals surface area contributed by atoms with Gasteiger partial charge in [0.05, 0.1) is 15.7 Å². The molecule has 0 aliphatic carbocycles. The molecule has 1 aromatic rings. The highest BCUT2D eigenvalue weighted by Gasteiger charge is 2.39.